The number of halogens is 1. The highest BCUT2D eigenvalue weighted by atomic mass is 19.1. The molecule has 1 aromatic rings. The second-order valence-electron chi connectivity index (χ2n) is 4.55. The first-order valence-corrected chi connectivity index (χ1v) is 5.97. The Morgan fingerprint density at radius 1 is 1.25 bits per heavy atom. The Bertz CT molecular complexity index is 359. The lowest BCUT2D eigenvalue weighted by atomic mass is 10.0. The van der Waals surface area contributed by atoms with Gasteiger partial charge in [-0.1, -0.05) is 12.5 Å². The molecule has 2 rings (SSSR count). The molecule has 1 aliphatic heterocycles. The Labute approximate surface area is 96.2 Å². The van der Waals surface area contributed by atoms with Crippen LogP contribution in [0.25, 0.3) is 0 Å². The van der Waals surface area contributed by atoms with Gasteiger partial charge in [0.25, 0.3) is 0 Å². The summed E-state index contributed by atoms with van der Waals surface area (Å²) in [6.07, 6.45) is 3.86. The fraction of sp³-hybridized carbons (Fsp3) is 0.538. The first-order valence-electron chi connectivity index (χ1n) is 5.97. The molecule has 2 N–H and O–H groups in total. The lowest BCUT2D eigenvalue weighted by molar-refractivity contribution is 0.175. The Kier molecular flexibility index (Phi) is 3.44. The van der Waals surface area contributed by atoms with Crippen molar-refractivity contribution in [2.45, 2.75) is 32.2 Å². The van der Waals surface area contributed by atoms with Crippen molar-refractivity contribution in [2.24, 2.45) is 0 Å². The Morgan fingerprint density at radius 2 is 1.94 bits per heavy atom. The molecule has 2 nitrogen and oxygen atoms in total. The number of likely N-dealkylation sites (tertiary alicyclic amines) is 1. The third kappa shape index (κ3) is 2.35. The first kappa shape index (κ1) is 11.4. The Balaban J connectivity index is 2.12. The largest absolute Gasteiger partial charge is 0.396 e. The van der Waals surface area contributed by atoms with Crippen LogP contribution in [0.3, 0.4) is 0 Å². The summed E-state index contributed by atoms with van der Waals surface area (Å²) < 4.78 is 13.1. The molecule has 1 heterocycles. The smallest absolute Gasteiger partial charge is 0.146 e. The summed E-state index contributed by atoms with van der Waals surface area (Å²) in [5.41, 5.74) is 6.96. The highest BCUT2D eigenvalue weighted by Gasteiger charge is 2.18. The van der Waals surface area contributed by atoms with Gasteiger partial charge in [-0.2, -0.15) is 0 Å². The number of nitrogens with two attached hydrogens (primary N) is 1. The van der Waals surface area contributed by atoms with Gasteiger partial charge in [0.1, 0.15) is 5.82 Å². The number of nitrogen functional groups attached to an aromatic ring is 1. The summed E-state index contributed by atoms with van der Waals surface area (Å²) in [6.45, 7) is 4.44. The van der Waals surface area contributed by atoms with Gasteiger partial charge in [0.2, 0.25) is 0 Å². The van der Waals surface area contributed by atoms with Gasteiger partial charge in [-0.05, 0) is 50.6 Å². The van der Waals surface area contributed by atoms with Crippen molar-refractivity contribution in [3.8, 4) is 0 Å². The number of benzene rings is 1. The maximum atomic E-state index is 13.1. The van der Waals surface area contributed by atoms with Crippen LogP contribution in [0.4, 0.5) is 10.1 Å². The molecule has 1 aromatic carbocycles. The molecule has 16 heavy (non-hydrogen) atoms. The van der Waals surface area contributed by atoms with Gasteiger partial charge in [-0.25, -0.2) is 4.39 Å². The van der Waals surface area contributed by atoms with E-state index in [0.717, 1.165) is 18.7 Å². The maximum absolute atomic E-state index is 13.1. The average Bonchev–Trinajstić information content (AvgIpc) is 2.33. The molecule has 1 fully saturated rings. The molecule has 3 heteroatoms. The molecule has 1 unspecified atom stereocenters. The van der Waals surface area contributed by atoms with Gasteiger partial charge < -0.3 is 5.73 Å². The first-order chi connectivity index (χ1) is 7.68. The summed E-state index contributed by atoms with van der Waals surface area (Å²) in [6, 6.07) is 5.40. The fourth-order valence-corrected chi connectivity index (χ4v) is 2.34. The second-order valence-corrected chi connectivity index (χ2v) is 4.55. The third-order valence-corrected chi connectivity index (χ3v) is 3.44. The van der Waals surface area contributed by atoms with E-state index in [4.69, 9.17) is 5.73 Å². The zero-order valence-corrected chi connectivity index (χ0v) is 9.75. The molecule has 0 amide bonds. The van der Waals surface area contributed by atoms with E-state index in [1.54, 1.807) is 6.07 Å². The molecule has 0 radical (unpaired) electrons. The molecule has 1 atom stereocenters. The maximum Gasteiger partial charge on any atom is 0.146 e. The van der Waals surface area contributed by atoms with Crippen molar-refractivity contribution < 1.29 is 4.39 Å². The van der Waals surface area contributed by atoms with Crippen molar-refractivity contribution >= 4 is 5.69 Å². The Hall–Kier alpha value is -1.09. The number of piperidine rings is 1. The SMILES string of the molecule is CC(c1ccc(F)c(N)c1)N1CCCCC1. The highest BCUT2D eigenvalue weighted by molar-refractivity contribution is 5.43. The predicted octanol–water partition coefficient (Wildman–Crippen LogP) is 2.95. The van der Waals surface area contributed by atoms with Crippen molar-refractivity contribution in [1.82, 2.24) is 4.90 Å². The summed E-state index contributed by atoms with van der Waals surface area (Å²) in [5.74, 6) is -0.324. The number of hydrogen-bond donors (Lipinski definition) is 1. The van der Waals surface area contributed by atoms with E-state index in [2.05, 4.69) is 11.8 Å². The van der Waals surface area contributed by atoms with Gasteiger partial charge in [0, 0.05) is 6.04 Å². The van der Waals surface area contributed by atoms with E-state index in [0.29, 0.717) is 6.04 Å². The minimum Gasteiger partial charge on any atom is -0.396 e. The van der Waals surface area contributed by atoms with Gasteiger partial charge in [0.15, 0.2) is 0 Å². The lowest BCUT2D eigenvalue weighted by Crippen LogP contribution is -2.32. The number of anilines is 1. The van der Waals surface area contributed by atoms with E-state index in [1.807, 2.05) is 6.07 Å². The van der Waals surface area contributed by atoms with Crippen molar-refractivity contribution in [3.63, 3.8) is 0 Å². The zero-order valence-electron chi connectivity index (χ0n) is 9.75. The molecule has 0 saturated carbocycles. The van der Waals surface area contributed by atoms with E-state index in [1.165, 1.54) is 25.3 Å². The topological polar surface area (TPSA) is 29.3 Å². The fourth-order valence-electron chi connectivity index (χ4n) is 2.34. The van der Waals surface area contributed by atoms with Crippen LogP contribution < -0.4 is 5.73 Å². The molecule has 0 spiro atoms. The molecule has 1 saturated heterocycles. The molecule has 0 aromatic heterocycles. The summed E-state index contributed by atoms with van der Waals surface area (Å²) in [4.78, 5) is 2.44. The number of hydrogen-bond acceptors (Lipinski definition) is 2. The van der Waals surface area contributed by atoms with E-state index < -0.39 is 0 Å². The van der Waals surface area contributed by atoms with Gasteiger partial charge >= 0.3 is 0 Å². The monoisotopic (exact) mass is 222 g/mol. The van der Waals surface area contributed by atoms with E-state index >= 15 is 0 Å². The van der Waals surface area contributed by atoms with E-state index in [-0.39, 0.29) is 11.5 Å². The molecular formula is C13H19FN2. The third-order valence-electron chi connectivity index (χ3n) is 3.44. The van der Waals surface area contributed by atoms with Crippen LogP contribution in [0.15, 0.2) is 18.2 Å². The standard InChI is InChI=1S/C13H19FN2/c1-10(16-7-3-2-4-8-16)11-5-6-12(14)13(15)9-11/h5-6,9-10H,2-4,7-8,15H2,1H3. The normalized spacial score (nSPS) is 19.6. The number of rotatable bonds is 2. The second kappa shape index (κ2) is 4.83. The molecule has 0 bridgehead atoms. The summed E-state index contributed by atoms with van der Waals surface area (Å²) in [5, 5.41) is 0. The quantitative estimate of drug-likeness (QED) is 0.779. The molecule has 88 valence electrons. The van der Waals surface area contributed by atoms with Crippen LogP contribution >= 0.6 is 0 Å². The van der Waals surface area contributed by atoms with Crippen molar-refractivity contribution in [3.05, 3.63) is 29.6 Å². The van der Waals surface area contributed by atoms with Crippen molar-refractivity contribution in [2.75, 3.05) is 18.8 Å². The molecule has 0 aliphatic carbocycles. The summed E-state index contributed by atoms with van der Waals surface area (Å²) >= 11 is 0. The average molecular weight is 222 g/mol. The van der Waals surface area contributed by atoms with Crippen LogP contribution in [-0.2, 0) is 0 Å². The van der Waals surface area contributed by atoms with Gasteiger partial charge in [0.05, 0.1) is 5.69 Å². The summed E-state index contributed by atoms with van der Waals surface area (Å²) in [7, 11) is 0. The predicted molar refractivity (Wildman–Crippen MR) is 64.7 cm³/mol. The lowest BCUT2D eigenvalue weighted by Gasteiger charge is -2.32. The molecular weight excluding hydrogens is 203 g/mol. The van der Waals surface area contributed by atoms with Crippen LogP contribution in [0, 0.1) is 5.82 Å². The highest BCUT2D eigenvalue weighted by Crippen LogP contribution is 2.26. The minimum absolute atomic E-state index is 0.251. The van der Waals surface area contributed by atoms with Crippen LogP contribution in [-0.4, -0.2) is 18.0 Å². The van der Waals surface area contributed by atoms with Gasteiger partial charge in [-0.15, -0.1) is 0 Å². The van der Waals surface area contributed by atoms with Crippen LogP contribution in [0.5, 0.6) is 0 Å². The van der Waals surface area contributed by atoms with Crippen LogP contribution in [0.1, 0.15) is 37.8 Å². The Morgan fingerprint density at radius 3 is 2.56 bits per heavy atom. The van der Waals surface area contributed by atoms with Gasteiger partial charge in [-0.3, -0.25) is 4.90 Å². The van der Waals surface area contributed by atoms with Crippen LogP contribution in [0.2, 0.25) is 0 Å². The van der Waals surface area contributed by atoms with E-state index in [9.17, 15) is 4.39 Å². The zero-order chi connectivity index (χ0) is 11.5. The molecule has 1 aliphatic rings. The minimum atomic E-state index is -0.324. The van der Waals surface area contributed by atoms with Crippen molar-refractivity contribution in [1.29, 1.82) is 0 Å². The number of nitrogens with zero attached hydrogens (tertiary/aromatic N) is 1.